The van der Waals surface area contributed by atoms with Gasteiger partial charge >= 0.3 is 0 Å². The summed E-state index contributed by atoms with van der Waals surface area (Å²) >= 11 is 0. The van der Waals surface area contributed by atoms with Crippen LogP contribution in [0.1, 0.15) is 11.3 Å². The van der Waals surface area contributed by atoms with Crippen LogP contribution >= 0.6 is 0 Å². The third kappa shape index (κ3) is 0.971. The Bertz CT molecular complexity index is 447. The van der Waals surface area contributed by atoms with Crippen molar-refractivity contribution in [1.82, 2.24) is 9.97 Å². The molecule has 0 aromatic carbocycles. The minimum atomic E-state index is 0.723. The first-order valence-electron chi connectivity index (χ1n) is 4.47. The summed E-state index contributed by atoms with van der Waals surface area (Å²) in [6, 6.07) is 4.05. The first-order chi connectivity index (χ1) is 6.45. The van der Waals surface area contributed by atoms with Crippen molar-refractivity contribution < 1.29 is 4.74 Å². The Kier molecular flexibility index (Phi) is 1.40. The molecule has 0 radical (unpaired) electrons. The quantitative estimate of drug-likeness (QED) is 0.659. The average Bonchev–Trinajstić information content (AvgIpc) is 2.56. The van der Waals surface area contributed by atoms with Crippen molar-refractivity contribution >= 4 is 11.0 Å². The molecule has 2 aromatic heterocycles. The lowest BCUT2D eigenvalue weighted by molar-refractivity contribution is 0.111. The van der Waals surface area contributed by atoms with Crippen molar-refractivity contribution in [2.75, 3.05) is 6.61 Å². The lowest BCUT2D eigenvalue weighted by Gasteiger charge is -2.11. The molecule has 0 amide bonds. The van der Waals surface area contributed by atoms with Gasteiger partial charge in [0.05, 0.1) is 13.2 Å². The summed E-state index contributed by atoms with van der Waals surface area (Å²) in [5, 5.41) is 1.21. The maximum absolute atomic E-state index is 5.41. The zero-order chi connectivity index (χ0) is 8.67. The molecule has 0 atom stereocenters. The number of aromatic amines is 1. The van der Waals surface area contributed by atoms with E-state index in [2.05, 4.69) is 16.0 Å². The van der Waals surface area contributed by atoms with Gasteiger partial charge in [-0.2, -0.15) is 0 Å². The van der Waals surface area contributed by atoms with Crippen LogP contribution in [0.2, 0.25) is 0 Å². The van der Waals surface area contributed by atoms with Crippen molar-refractivity contribution in [2.24, 2.45) is 0 Å². The Morgan fingerprint density at radius 3 is 3.46 bits per heavy atom. The fourth-order valence-electron chi connectivity index (χ4n) is 1.86. The number of nitrogens with one attached hydrogen (secondary N) is 1. The summed E-state index contributed by atoms with van der Waals surface area (Å²) < 4.78 is 5.41. The molecule has 0 spiro atoms. The van der Waals surface area contributed by atoms with Gasteiger partial charge in [-0.25, -0.2) is 4.98 Å². The number of rotatable bonds is 0. The molecular formula is C10H10N2O. The van der Waals surface area contributed by atoms with Crippen LogP contribution in [0.3, 0.4) is 0 Å². The summed E-state index contributed by atoms with van der Waals surface area (Å²) in [6.07, 6.45) is 2.79. The van der Waals surface area contributed by atoms with Gasteiger partial charge in [0.1, 0.15) is 5.65 Å². The van der Waals surface area contributed by atoms with Gasteiger partial charge in [0, 0.05) is 29.3 Å². The van der Waals surface area contributed by atoms with Gasteiger partial charge in [-0.1, -0.05) is 0 Å². The van der Waals surface area contributed by atoms with E-state index in [1.54, 1.807) is 0 Å². The van der Waals surface area contributed by atoms with Crippen LogP contribution in [0.5, 0.6) is 0 Å². The second kappa shape index (κ2) is 2.57. The molecule has 13 heavy (non-hydrogen) atoms. The first kappa shape index (κ1) is 7.09. The van der Waals surface area contributed by atoms with Crippen molar-refractivity contribution in [1.29, 1.82) is 0 Å². The van der Waals surface area contributed by atoms with Gasteiger partial charge in [-0.3, -0.25) is 0 Å². The maximum Gasteiger partial charge on any atom is 0.137 e. The van der Waals surface area contributed by atoms with Crippen molar-refractivity contribution in [2.45, 2.75) is 13.0 Å². The van der Waals surface area contributed by atoms with Crippen LogP contribution in [0.4, 0.5) is 0 Å². The molecule has 0 saturated carbocycles. The number of nitrogens with zero attached hydrogens (tertiary/aromatic N) is 1. The molecule has 3 rings (SSSR count). The van der Waals surface area contributed by atoms with E-state index < -0.39 is 0 Å². The van der Waals surface area contributed by atoms with Gasteiger partial charge in [-0.15, -0.1) is 0 Å². The minimum absolute atomic E-state index is 0.723. The third-order valence-electron chi connectivity index (χ3n) is 2.51. The maximum atomic E-state index is 5.41. The summed E-state index contributed by atoms with van der Waals surface area (Å²) in [5.41, 5.74) is 3.56. The molecule has 0 saturated heterocycles. The van der Waals surface area contributed by atoms with Gasteiger partial charge in [0.25, 0.3) is 0 Å². The Morgan fingerprint density at radius 1 is 1.46 bits per heavy atom. The van der Waals surface area contributed by atoms with Crippen molar-refractivity contribution in [3.63, 3.8) is 0 Å². The van der Waals surface area contributed by atoms with E-state index in [4.69, 9.17) is 4.74 Å². The number of fused-ring (bicyclic) bond motifs is 3. The largest absolute Gasteiger partial charge is 0.376 e. The highest BCUT2D eigenvalue weighted by molar-refractivity contribution is 5.81. The summed E-state index contributed by atoms with van der Waals surface area (Å²) in [4.78, 5) is 7.60. The van der Waals surface area contributed by atoms with E-state index in [-0.39, 0.29) is 0 Å². The van der Waals surface area contributed by atoms with E-state index in [1.807, 2.05) is 12.3 Å². The predicted octanol–water partition coefficient (Wildman–Crippen LogP) is 1.64. The van der Waals surface area contributed by atoms with Crippen molar-refractivity contribution in [3.05, 3.63) is 29.6 Å². The fraction of sp³-hybridized carbons (Fsp3) is 0.300. The number of hydrogen-bond donors (Lipinski definition) is 1. The van der Waals surface area contributed by atoms with Crippen molar-refractivity contribution in [3.8, 4) is 0 Å². The average molecular weight is 174 g/mol. The predicted molar refractivity (Wildman–Crippen MR) is 49.5 cm³/mol. The Labute approximate surface area is 75.7 Å². The molecule has 0 unspecified atom stereocenters. The van der Waals surface area contributed by atoms with Crippen LogP contribution in [0, 0.1) is 0 Å². The topological polar surface area (TPSA) is 37.9 Å². The van der Waals surface area contributed by atoms with Gasteiger partial charge in [0.2, 0.25) is 0 Å². The third-order valence-corrected chi connectivity index (χ3v) is 2.51. The molecular weight excluding hydrogens is 164 g/mol. The monoisotopic (exact) mass is 174 g/mol. The lowest BCUT2D eigenvalue weighted by Crippen LogP contribution is -2.08. The van der Waals surface area contributed by atoms with Crippen LogP contribution in [-0.4, -0.2) is 16.6 Å². The number of ether oxygens (including phenoxy) is 1. The molecule has 0 aliphatic carbocycles. The van der Waals surface area contributed by atoms with E-state index in [9.17, 15) is 0 Å². The molecule has 0 bridgehead atoms. The number of H-pyrrole nitrogens is 1. The molecule has 1 N–H and O–H groups in total. The van der Waals surface area contributed by atoms with Crippen LogP contribution < -0.4 is 0 Å². The van der Waals surface area contributed by atoms with Crippen LogP contribution in [-0.2, 0) is 17.8 Å². The Morgan fingerprint density at radius 2 is 2.46 bits per heavy atom. The Balaban J connectivity index is 2.34. The van der Waals surface area contributed by atoms with Gasteiger partial charge in [-0.05, 0) is 12.1 Å². The normalized spacial score (nSPS) is 16.0. The zero-order valence-corrected chi connectivity index (χ0v) is 7.21. The molecule has 2 aromatic rings. The summed E-state index contributed by atoms with van der Waals surface area (Å²) in [7, 11) is 0. The lowest BCUT2D eigenvalue weighted by atomic mass is 10.1. The number of aromatic nitrogens is 2. The first-order valence-corrected chi connectivity index (χ1v) is 4.47. The van der Waals surface area contributed by atoms with Crippen LogP contribution in [0.25, 0.3) is 11.0 Å². The standard InChI is InChI=1S/C10H10N2O/c1-2-7-8-6-13-5-3-9(8)12-10(7)11-4-1/h1-2,4H,3,5-6H2,(H,11,12). The minimum Gasteiger partial charge on any atom is -0.376 e. The van der Waals surface area contributed by atoms with E-state index in [0.717, 1.165) is 25.3 Å². The molecule has 3 nitrogen and oxygen atoms in total. The highest BCUT2D eigenvalue weighted by Crippen LogP contribution is 2.24. The number of hydrogen-bond acceptors (Lipinski definition) is 2. The Hall–Kier alpha value is -1.35. The second-order valence-corrected chi connectivity index (χ2v) is 3.28. The molecule has 0 fully saturated rings. The van der Waals surface area contributed by atoms with Gasteiger partial charge < -0.3 is 9.72 Å². The smallest absolute Gasteiger partial charge is 0.137 e. The molecule has 1 aliphatic heterocycles. The highest BCUT2D eigenvalue weighted by atomic mass is 16.5. The molecule has 3 heteroatoms. The SMILES string of the molecule is c1cnc2[nH]c3c(c2c1)COCC3. The van der Waals surface area contributed by atoms with E-state index in [1.165, 1.54) is 16.6 Å². The van der Waals surface area contributed by atoms with Gasteiger partial charge in [0.15, 0.2) is 0 Å². The van der Waals surface area contributed by atoms with E-state index >= 15 is 0 Å². The second-order valence-electron chi connectivity index (χ2n) is 3.28. The van der Waals surface area contributed by atoms with E-state index in [0.29, 0.717) is 0 Å². The fourth-order valence-corrected chi connectivity index (χ4v) is 1.86. The molecule has 1 aliphatic rings. The number of pyridine rings is 1. The zero-order valence-electron chi connectivity index (χ0n) is 7.21. The van der Waals surface area contributed by atoms with Crippen LogP contribution in [0.15, 0.2) is 18.3 Å². The molecule has 66 valence electrons. The summed E-state index contributed by atoms with van der Waals surface area (Å²) in [5.74, 6) is 0. The summed E-state index contributed by atoms with van der Waals surface area (Å²) in [6.45, 7) is 1.54. The molecule has 3 heterocycles. The highest BCUT2D eigenvalue weighted by Gasteiger charge is 2.15.